The maximum absolute atomic E-state index is 11.0. The first kappa shape index (κ1) is 13.9. The van der Waals surface area contributed by atoms with Crippen LogP contribution in [0.25, 0.3) is 0 Å². The molecule has 0 saturated carbocycles. The minimum absolute atomic E-state index is 0.150. The van der Waals surface area contributed by atoms with Gasteiger partial charge in [-0.2, -0.15) is 0 Å². The van der Waals surface area contributed by atoms with Crippen LogP contribution in [0.3, 0.4) is 0 Å². The zero-order chi connectivity index (χ0) is 11.5. The summed E-state index contributed by atoms with van der Waals surface area (Å²) in [5.74, 6) is -1.12. The number of hydrogen-bond acceptors (Lipinski definition) is 5. The second kappa shape index (κ2) is 9.45. The fraction of sp³-hybridized carbons (Fsp3) is 0.800. The lowest BCUT2D eigenvalue weighted by molar-refractivity contribution is -0.154. The third kappa shape index (κ3) is 9.21. The normalized spacial score (nSPS) is 9.73. The molecule has 0 aromatic carbocycles. The smallest absolute Gasteiger partial charge is 0.317 e. The van der Waals surface area contributed by atoms with Crippen molar-refractivity contribution in [3.8, 4) is 0 Å². The maximum atomic E-state index is 11.0. The number of rotatable bonds is 8. The number of carbonyl (C=O) groups excluding carboxylic acids is 2. The van der Waals surface area contributed by atoms with Crippen molar-refractivity contribution in [2.75, 3.05) is 19.8 Å². The molecule has 0 spiro atoms. The second-order valence-electron chi connectivity index (χ2n) is 2.99. The zero-order valence-electron chi connectivity index (χ0n) is 9.03. The molecule has 0 fully saturated rings. The van der Waals surface area contributed by atoms with Gasteiger partial charge in [-0.25, -0.2) is 0 Å². The number of ether oxygens (including phenoxy) is 2. The Morgan fingerprint density at radius 3 is 2.33 bits per heavy atom. The summed E-state index contributed by atoms with van der Waals surface area (Å²) in [6, 6.07) is 0. The molecule has 0 bridgehead atoms. The van der Waals surface area contributed by atoms with Crippen LogP contribution in [0.5, 0.6) is 0 Å². The van der Waals surface area contributed by atoms with Gasteiger partial charge in [0, 0.05) is 6.61 Å². The van der Waals surface area contributed by atoms with E-state index in [0.717, 1.165) is 6.42 Å². The van der Waals surface area contributed by atoms with Gasteiger partial charge >= 0.3 is 11.9 Å². The van der Waals surface area contributed by atoms with Gasteiger partial charge in [0.05, 0.1) is 13.2 Å². The lowest BCUT2D eigenvalue weighted by Gasteiger charge is -2.04. The first-order valence-corrected chi connectivity index (χ1v) is 5.12. The zero-order valence-corrected chi connectivity index (χ0v) is 9.03. The topological polar surface area (TPSA) is 72.8 Å². The predicted octanol–water partition coefficient (Wildman–Crippen LogP) is 0.645. The van der Waals surface area contributed by atoms with Crippen LogP contribution in [0, 0.1) is 0 Å². The van der Waals surface area contributed by atoms with Crippen LogP contribution < -0.4 is 0 Å². The second-order valence-corrected chi connectivity index (χ2v) is 2.99. The first-order valence-electron chi connectivity index (χ1n) is 5.12. The predicted molar refractivity (Wildman–Crippen MR) is 53.1 cm³/mol. The molecule has 0 aliphatic heterocycles. The Morgan fingerprint density at radius 2 is 1.73 bits per heavy atom. The van der Waals surface area contributed by atoms with E-state index in [1.807, 2.05) is 0 Å². The third-order valence-corrected chi connectivity index (χ3v) is 1.66. The Balaban J connectivity index is 3.37. The summed E-state index contributed by atoms with van der Waals surface area (Å²) in [6.07, 6.45) is 1.89. The summed E-state index contributed by atoms with van der Waals surface area (Å²) in [4.78, 5) is 21.8. The van der Waals surface area contributed by atoms with Gasteiger partial charge in [0.25, 0.3) is 0 Å². The highest BCUT2D eigenvalue weighted by atomic mass is 16.6. The average Bonchev–Trinajstić information content (AvgIpc) is 2.17. The minimum Gasteiger partial charge on any atom is -0.466 e. The summed E-state index contributed by atoms with van der Waals surface area (Å²) in [5, 5.41) is 8.48. The minimum atomic E-state index is -0.558. The van der Waals surface area contributed by atoms with Gasteiger partial charge in [0.2, 0.25) is 0 Å². The van der Waals surface area contributed by atoms with E-state index in [4.69, 9.17) is 9.84 Å². The van der Waals surface area contributed by atoms with E-state index in [2.05, 4.69) is 4.74 Å². The molecule has 5 heteroatoms. The summed E-state index contributed by atoms with van der Waals surface area (Å²) in [6.45, 7) is 2.38. The van der Waals surface area contributed by atoms with Crippen LogP contribution in [-0.2, 0) is 19.1 Å². The number of aliphatic hydroxyl groups excluding tert-OH is 1. The van der Waals surface area contributed by atoms with Crippen molar-refractivity contribution in [2.45, 2.75) is 32.6 Å². The van der Waals surface area contributed by atoms with E-state index in [1.54, 1.807) is 6.92 Å². The average molecular weight is 218 g/mol. The van der Waals surface area contributed by atoms with Gasteiger partial charge in [-0.1, -0.05) is 0 Å². The van der Waals surface area contributed by atoms with Gasteiger partial charge in [0.15, 0.2) is 0 Å². The Hall–Kier alpha value is -1.10. The summed E-state index contributed by atoms with van der Waals surface area (Å²) >= 11 is 0. The standard InChI is InChI=1S/C10H18O5/c1-2-14-9(12)8-10(13)15-7-5-3-4-6-11/h11H,2-8H2,1H3. The monoisotopic (exact) mass is 218 g/mol. The Morgan fingerprint density at radius 1 is 1.07 bits per heavy atom. The van der Waals surface area contributed by atoms with Crippen molar-refractivity contribution >= 4 is 11.9 Å². The fourth-order valence-electron chi connectivity index (χ4n) is 0.958. The highest BCUT2D eigenvalue weighted by Gasteiger charge is 2.10. The molecule has 0 aromatic heterocycles. The fourth-order valence-corrected chi connectivity index (χ4v) is 0.958. The van der Waals surface area contributed by atoms with E-state index in [1.165, 1.54) is 0 Å². The van der Waals surface area contributed by atoms with Crippen molar-refractivity contribution in [3.05, 3.63) is 0 Å². The molecule has 0 aliphatic rings. The molecule has 0 aromatic rings. The molecule has 0 aliphatic carbocycles. The van der Waals surface area contributed by atoms with Crippen molar-refractivity contribution < 1.29 is 24.2 Å². The summed E-state index contributed by atoms with van der Waals surface area (Å²) in [7, 11) is 0. The van der Waals surface area contributed by atoms with Crippen LogP contribution in [-0.4, -0.2) is 36.9 Å². The number of carbonyl (C=O) groups is 2. The number of aliphatic hydroxyl groups is 1. The van der Waals surface area contributed by atoms with Crippen LogP contribution in [0.4, 0.5) is 0 Å². The Bertz CT molecular complexity index is 190. The molecule has 1 N–H and O–H groups in total. The van der Waals surface area contributed by atoms with Gasteiger partial charge in [0.1, 0.15) is 6.42 Å². The molecule has 0 heterocycles. The quantitative estimate of drug-likeness (QED) is 0.368. The van der Waals surface area contributed by atoms with Crippen molar-refractivity contribution in [3.63, 3.8) is 0 Å². The van der Waals surface area contributed by atoms with Gasteiger partial charge in [-0.3, -0.25) is 9.59 Å². The van der Waals surface area contributed by atoms with Crippen LogP contribution in [0.2, 0.25) is 0 Å². The number of esters is 2. The van der Waals surface area contributed by atoms with Gasteiger partial charge in [-0.15, -0.1) is 0 Å². The van der Waals surface area contributed by atoms with Crippen molar-refractivity contribution in [1.82, 2.24) is 0 Å². The molecule has 0 rings (SSSR count). The molecular formula is C10H18O5. The van der Waals surface area contributed by atoms with Crippen LogP contribution in [0.15, 0.2) is 0 Å². The maximum Gasteiger partial charge on any atom is 0.317 e. The lowest BCUT2D eigenvalue weighted by Crippen LogP contribution is -2.14. The molecule has 0 amide bonds. The molecule has 0 saturated heterocycles. The van der Waals surface area contributed by atoms with E-state index in [-0.39, 0.29) is 26.2 Å². The van der Waals surface area contributed by atoms with E-state index in [0.29, 0.717) is 12.8 Å². The van der Waals surface area contributed by atoms with Crippen LogP contribution in [0.1, 0.15) is 32.6 Å². The van der Waals surface area contributed by atoms with Gasteiger partial charge < -0.3 is 14.6 Å². The molecule has 88 valence electrons. The number of hydrogen-bond donors (Lipinski definition) is 1. The molecule has 0 unspecified atom stereocenters. The van der Waals surface area contributed by atoms with Gasteiger partial charge in [-0.05, 0) is 26.2 Å². The van der Waals surface area contributed by atoms with E-state index in [9.17, 15) is 9.59 Å². The van der Waals surface area contributed by atoms with Crippen molar-refractivity contribution in [2.24, 2.45) is 0 Å². The Kier molecular flexibility index (Phi) is 8.76. The third-order valence-electron chi connectivity index (χ3n) is 1.66. The SMILES string of the molecule is CCOC(=O)CC(=O)OCCCCCO. The van der Waals surface area contributed by atoms with Crippen molar-refractivity contribution in [1.29, 1.82) is 0 Å². The number of unbranched alkanes of at least 4 members (excludes halogenated alkanes) is 2. The molecule has 0 radical (unpaired) electrons. The molecular weight excluding hydrogens is 200 g/mol. The Labute approximate surface area is 89.4 Å². The molecule has 15 heavy (non-hydrogen) atoms. The summed E-state index contributed by atoms with van der Waals surface area (Å²) in [5.41, 5.74) is 0. The molecule has 5 nitrogen and oxygen atoms in total. The highest BCUT2D eigenvalue weighted by Crippen LogP contribution is 1.97. The lowest BCUT2D eigenvalue weighted by atomic mass is 10.2. The molecule has 0 atom stereocenters. The summed E-state index contributed by atoms with van der Waals surface area (Å²) < 4.78 is 9.37. The van der Waals surface area contributed by atoms with E-state index >= 15 is 0 Å². The first-order chi connectivity index (χ1) is 7.20. The highest BCUT2D eigenvalue weighted by molar-refractivity contribution is 5.91. The largest absolute Gasteiger partial charge is 0.466 e. The van der Waals surface area contributed by atoms with Crippen LogP contribution >= 0.6 is 0 Å². The van der Waals surface area contributed by atoms with E-state index < -0.39 is 11.9 Å².